The van der Waals surface area contributed by atoms with E-state index < -0.39 is 5.91 Å². The van der Waals surface area contributed by atoms with Gasteiger partial charge in [-0.1, -0.05) is 38.1 Å². The van der Waals surface area contributed by atoms with E-state index in [2.05, 4.69) is 31.2 Å². The van der Waals surface area contributed by atoms with E-state index in [0.717, 1.165) is 35.0 Å². The van der Waals surface area contributed by atoms with Crippen molar-refractivity contribution in [1.29, 1.82) is 0 Å². The average Bonchev–Trinajstić information content (AvgIpc) is 3.22. The molecule has 2 heterocycles. The number of primary amides is 1. The highest BCUT2D eigenvalue weighted by Gasteiger charge is 2.49. The number of anilines is 1. The van der Waals surface area contributed by atoms with Crippen LogP contribution in [0.15, 0.2) is 42.7 Å². The first-order valence-corrected chi connectivity index (χ1v) is 10.2. The Morgan fingerprint density at radius 2 is 1.97 bits per heavy atom. The van der Waals surface area contributed by atoms with Crippen LogP contribution in [-0.2, 0) is 6.61 Å². The van der Waals surface area contributed by atoms with Crippen molar-refractivity contribution in [2.24, 2.45) is 16.9 Å². The number of amides is 1. The number of benzene rings is 1. The number of hydrogen-bond donors (Lipinski definition) is 4. The third kappa shape index (κ3) is 3.24. The lowest BCUT2D eigenvalue weighted by Gasteiger charge is -2.39. The van der Waals surface area contributed by atoms with E-state index >= 15 is 0 Å². The molecule has 1 fully saturated rings. The molecule has 0 unspecified atom stereocenters. The summed E-state index contributed by atoms with van der Waals surface area (Å²) in [6.07, 6.45) is 5.24. The topological polar surface area (TPSA) is 119 Å². The molecule has 1 amide bonds. The first kappa shape index (κ1) is 20.4. The zero-order chi connectivity index (χ0) is 21.7. The van der Waals surface area contributed by atoms with Gasteiger partial charge in [-0.3, -0.25) is 4.79 Å². The quantitative estimate of drug-likeness (QED) is 0.519. The number of aromatic nitrogens is 2. The van der Waals surface area contributed by atoms with Crippen LogP contribution in [0.1, 0.15) is 49.5 Å². The molecule has 7 nitrogen and oxygen atoms in total. The normalized spacial score (nSPS) is 23.0. The number of rotatable bonds is 5. The van der Waals surface area contributed by atoms with E-state index in [1.807, 2.05) is 36.5 Å². The van der Waals surface area contributed by atoms with Crippen molar-refractivity contribution >= 4 is 17.1 Å². The number of aliphatic hydroxyl groups excluding tert-OH is 1. The van der Waals surface area contributed by atoms with Crippen molar-refractivity contribution < 1.29 is 9.90 Å². The summed E-state index contributed by atoms with van der Waals surface area (Å²) in [5.74, 6) is -0.520. The van der Waals surface area contributed by atoms with Gasteiger partial charge < -0.3 is 21.9 Å². The van der Waals surface area contributed by atoms with Gasteiger partial charge in [0, 0.05) is 28.8 Å². The van der Waals surface area contributed by atoms with Crippen LogP contribution in [0.25, 0.3) is 16.6 Å². The summed E-state index contributed by atoms with van der Waals surface area (Å²) < 4.78 is 1.76. The minimum atomic E-state index is -0.520. The Bertz CT molecular complexity index is 1100. The minimum absolute atomic E-state index is 0.00679. The van der Waals surface area contributed by atoms with Crippen LogP contribution in [0.5, 0.6) is 0 Å². The van der Waals surface area contributed by atoms with Crippen molar-refractivity contribution in [3.05, 3.63) is 53.9 Å². The van der Waals surface area contributed by atoms with Gasteiger partial charge in [-0.05, 0) is 37.0 Å². The number of hydrogen-bond acceptors (Lipinski definition) is 5. The van der Waals surface area contributed by atoms with E-state index in [-0.39, 0.29) is 23.6 Å². The first-order chi connectivity index (χ1) is 14.1. The van der Waals surface area contributed by atoms with Gasteiger partial charge in [0.25, 0.3) is 5.91 Å². The molecule has 2 aromatic heterocycles. The molecular weight excluding hydrogens is 378 g/mol. The second kappa shape index (κ2) is 7.11. The molecule has 1 aliphatic rings. The molecule has 3 aromatic rings. The zero-order valence-corrected chi connectivity index (χ0v) is 17.6. The van der Waals surface area contributed by atoms with Crippen LogP contribution < -0.4 is 16.8 Å². The summed E-state index contributed by atoms with van der Waals surface area (Å²) in [5, 5.41) is 17.3. The third-order valence-electron chi connectivity index (χ3n) is 6.99. The van der Waals surface area contributed by atoms with Gasteiger partial charge in [-0.15, -0.1) is 0 Å². The third-order valence-corrected chi connectivity index (χ3v) is 6.99. The Balaban J connectivity index is 1.79. The van der Waals surface area contributed by atoms with E-state index in [1.54, 1.807) is 4.52 Å². The molecule has 6 N–H and O–H groups in total. The molecular formula is C23H29N5O2. The molecule has 1 saturated carbocycles. The van der Waals surface area contributed by atoms with Gasteiger partial charge >= 0.3 is 0 Å². The van der Waals surface area contributed by atoms with Crippen LogP contribution in [0.3, 0.4) is 0 Å². The van der Waals surface area contributed by atoms with Crippen molar-refractivity contribution in [3.63, 3.8) is 0 Å². The van der Waals surface area contributed by atoms with E-state index in [4.69, 9.17) is 11.5 Å². The summed E-state index contributed by atoms with van der Waals surface area (Å²) in [7, 11) is 0. The van der Waals surface area contributed by atoms with Crippen LogP contribution in [0, 0.1) is 5.41 Å². The fourth-order valence-corrected chi connectivity index (χ4v) is 4.31. The van der Waals surface area contributed by atoms with Gasteiger partial charge in [-0.2, -0.15) is 5.10 Å². The second-order valence-electron chi connectivity index (χ2n) is 9.09. The summed E-state index contributed by atoms with van der Waals surface area (Å²) in [6.45, 7) is 6.41. The van der Waals surface area contributed by atoms with Gasteiger partial charge in [0.2, 0.25) is 0 Å². The number of fused-ring (bicyclic) bond motifs is 1. The molecule has 158 valence electrons. The van der Waals surface area contributed by atoms with Gasteiger partial charge in [0.1, 0.15) is 0 Å². The van der Waals surface area contributed by atoms with E-state index in [1.165, 1.54) is 6.20 Å². The van der Waals surface area contributed by atoms with Gasteiger partial charge in [0.05, 0.1) is 29.6 Å². The van der Waals surface area contributed by atoms with Crippen molar-refractivity contribution in [2.45, 2.75) is 51.8 Å². The number of aliphatic hydroxyl groups is 1. The molecule has 1 aromatic carbocycles. The highest BCUT2D eigenvalue weighted by Crippen LogP contribution is 2.46. The number of nitrogens with zero attached hydrogens (tertiary/aromatic N) is 2. The largest absolute Gasteiger partial charge is 0.392 e. The smallest absolute Gasteiger partial charge is 0.252 e. The van der Waals surface area contributed by atoms with Gasteiger partial charge in [0.15, 0.2) is 0 Å². The highest BCUT2D eigenvalue weighted by atomic mass is 16.3. The van der Waals surface area contributed by atoms with Crippen LogP contribution >= 0.6 is 0 Å². The van der Waals surface area contributed by atoms with Crippen LogP contribution in [-0.4, -0.2) is 32.2 Å². The van der Waals surface area contributed by atoms with Crippen molar-refractivity contribution in [1.82, 2.24) is 9.61 Å². The molecule has 0 radical (unpaired) electrons. The number of carbonyl (C=O) groups is 1. The highest BCUT2D eigenvalue weighted by molar-refractivity contribution is 6.02. The molecule has 30 heavy (non-hydrogen) atoms. The molecule has 4 rings (SSSR count). The Kier molecular flexibility index (Phi) is 4.83. The molecule has 0 saturated heterocycles. The maximum Gasteiger partial charge on any atom is 0.252 e. The summed E-state index contributed by atoms with van der Waals surface area (Å²) >= 11 is 0. The maximum absolute atomic E-state index is 12.2. The lowest BCUT2D eigenvalue weighted by atomic mass is 9.75. The molecule has 1 aliphatic carbocycles. The summed E-state index contributed by atoms with van der Waals surface area (Å²) in [5.41, 5.74) is 16.4. The Morgan fingerprint density at radius 3 is 2.53 bits per heavy atom. The number of nitrogens with two attached hydrogens (primary N) is 2. The van der Waals surface area contributed by atoms with Gasteiger partial charge in [-0.25, -0.2) is 4.52 Å². The number of nitrogens with one attached hydrogen (secondary N) is 1. The first-order valence-electron chi connectivity index (χ1n) is 10.2. The predicted molar refractivity (Wildman–Crippen MR) is 118 cm³/mol. The van der Waals surface area contributed by atoms with E-state index in [0.29, 0.717) is 11.3 Å². The molecule has 7 heteroatoms. The maximum atomic E-state index is 12.2. The van der Waals surface area contributed by atoms with E-state index in [9.17, 15) is 9.90 Å². The predicted octanol–water partition coefficient (Wildman–Crippen LogP) is 2.91. The molecule has 0 aliphatic heterocycles. The standard InChI is InChI=1S/C23H29N5O2/c1-22(2)19(8-9-23(22,3)25)27-20-17(21(24)30)11-26-28-12-16(10-18(20)28)15-6-4-14(13-29)5-7-15/h4-7,10-12,19,27,29H,8-9,13,25H2,1-3H3,(H2,24,30)/t19-,23+/m1/s1. The fourth-order valence-electron chi connectivity index (χ4n) is 4.31. The SMILES string of the molecule is CC1(C)[C@H](Nc2c(C(N)=O)cnn3cc(-c4ccc(CO)cc4)cc23)CC[C@]1(C)N. The average molecular weight is 408 g/mol. The van der Waals surface area contributed by atoms with Crippen molar-refractivity contribution in [2.75, 3.05) is 5.32 Å². The minimum Gasteiger partial charge on any atom is -0.392 e. The second-order valence-corrected chi connectivity index (χ2v) is 9.09. The molecule has 0 spiro atoms. The van der Waals surface area contributed by atoms with Crippen LogP contribution in [0.4, 0.5) is 5.69 Å². The van der Waals surface area contributed by atoms with Crippen LogP contribution in [0.2, 0.25) is 0 Å². The fraction of sp³-hybridized carbons (Fsp3) is 0.391. The summed E-state index contributed by atoms with van der Waals surface area (Å²) in [4.78, 5) is 12.2. The molecule has 2 atom stereocenters. The summed E-state index contributed by atoms with van der Waals surface area (Å²) in [6, 6.07) is 9.80. The van der Waals surface area contributed by atoms with Crippen molar-refractivity contribution in [3.8, 4) is 11.1 Å². The lowest BCUT2D eigenvalue weighted by Crippen LogP contribution is -2.51. The zero-order valence-electron chi connectivity index (χ0n) is 17.6. The Labute approximate surface area is 176 Å². The molecule has 0 bridgehead atoms. The monoisotopic (exact) mass is 407 g/mol. The number of carbonyl (C=O) groups excluding carboxylic acids is 1. The lowest BCUT2D eigenvalue weighted by molar-refractivity contribution is 0.100. The Hall–Kier alpha value is -2.90. The Morgan fingerprint density at radius 1 is 1.27 bits per heavy atom.